The second-order valence-corrected chi connectivity index (χ2v) is 18.1. The van der Waals surface area contributed by atoms with Crippen molar-refractivity contribution in [2.24, 2.45) is 7.05 Å². The van der Waals surface area contributed by atoms with Crippen molar-refractivity contribution in [3.8, 4) is 34.5 Å². The van der Waals surface area contributed by atoms with Crippen LogP contribution in [0.4, 0.5) is 0 Å². The van der Waals surface area contributed by atoms with Crippen LogP contribution in [0, 0.1) is 11.3 Å². The van der Waals surface area contributed by atoms with E-state index in [1.165, 1.54) is 4.80 Å². The van der Waals surface area contributed by atoms with Crippen molar-refractivity contribution in [2.45, 2.75) is 96.6 Å². The van der Waals surface area contributed by atoms with Gasteiger partial charge >= 0.3 is 0 Å². The molecule has 1 fully saturated rings. The molecule has 10 nitrogen and oxygen atoms in total. The predicted octanol–water partition coefficient (Wildman–Crippen LogP) is 5.38. The zero-order chi connectivity index (χ0) is 30.6. The van der Waals surface area contributed by atoms with E-state index in [0.29, 0.717) is 36.8 Å². The summed E-state index contributed by atoms with van der Waals surface area (Å²) in [6.07, 6.45) is 2.87. The predicted molar refractivity (Wildman–Crippen MR) is 164 cm³/mol. The van der Waals surface area contributed by atoms with E-state index in [0.717, 1.165) is 47.2 Å². The summed E-state index contributed by atoms with van der Waals surface area (Å²) in [5, 5.41) is 23.0. The van der Waals surface area contributed by atoms with Gasteiger partial charge in [0.2, 0.25) is 5.82 Å². The molecule has 0 saturated carbocycles. The molecule has 3 aromatic rings. The Labute approximate surface area is 249 Å². The monoisotopic (exact) mass is 589 g/mol. The molecule has 2 aliphatic rings. The maximum atomic E-state index is 14.4. The Morgan fingerprint density at radius 2 is 1.98 bits per heavy atom. The molecule has 1 saturated heterocycles. The summed E-state index contributed by atoms with van der Waals surface area (Å²) in [4.78, 5) is 17.6. The fourth-order valence-electron chi connectivity index (χ4n) is 6.06. The number of rotatable bonds is 7. The van der Waals surface area contributed by atoms with Gasteiger partial charge in [-0.25, -0.2) is 0 Å². The minimum Gasteiger partial charge on any atom is -0.496 e. The van der Waals surface area contributed by atoms with Gasteiger partial charge in [-0.15, -0.1) is 10.2 Å². The van der Waals surface area contributed by atoms with E-state index in [4.69, 9.17) is 9.16 Å². The van der Waals surface area contributed by atoms with Gasteiger partial charge in [0.05, 0.1) is 37.6 Å². The number of nitriles is 1. The quantitative estimate of drug-likeness (QED) is 0.340. The summed E-state index contributed by atoms with van der Waals surface area (Å²) >= 11 is 0. The topological polar surface area (TPSA) is 111 Å². The molecule has 0 N–H and O–H groups in total. The number of tetrazole rings is 1. The molecule has 4 heterocycles. The number of nitrogens with zero attached hydrogens (tertiary/aromatic N) is 7. The minimum absolute atomic E-state index is 0.0406. The lowest BCUT2D eigenvalue weighted by atomic mass is 9.92. The van der Waals surface area contributed by atoms with Crippen LogP contribution >= 0.6 is 0 Å². The Bertz CT molecular complexity index is 1560. The van der Waals surface area contributed by atoms with Crippen LogP contribution in [0.5, 0.6) is 5.75 Å². The number of benzene rings is 1. The molecule has 1 aromatic carbocycles. The summed E-state index contributed by atoms with van der Waals surface area (Å²) in [6.45, 7) is 16.2. The van der Waals surface area contributed by atoms with E-state index in [2.05, 4.69) is 79.0 Å². The lowest BCUT2D eigenvalue weighted by molar-refractivity contribution is 0.0669. The van der Waals surface area contributed by atoms with Gasteiger partial charge in [-0.1, -0.05) is 34.1 Å². The van der Waals surface area contributed by atoms with E-state index in [1.54, 1.807) is 19.1 Å². The Hall–Kier alpha value is -3.49. The van der Waals surface area contributed by atoms with Crippen molar-refractivity contribution in [3.63, 3.8) is 0 Å². The zero-order valence-corrected chi connectivity index (χ0v) is 27.4. The van der Waals surface area contributed by atoms with E-state index in [-0.39, 0.29) is 17.0 Å². The van der Waals surface area contributed by atoms with Crippen LogP contribution in [-0.4, -0.2) is 69.2 Å². The summed E-state index contributed by atoms with van der Waals surface area (Å²) < 4.78 is 14.6. The lowest BCUT2D eigenvalue weighted by Gasteiger charge is -2.38. The van der Waals surface area contributed by atoms with E-state index < -0.39 is 13.9 Å². The summed E-state index contributed by atoms with van der Waals surface area (Å²) in [5.74, 6) is 1.07. The number of ether oxygens (including phenoxy) is 1. The molecule has 2 aromatic heterocycles. The largest absolute Gasteiger partial charge is 0.496 e. The molecule has 1 amide bonds. The van der Waals surface area contributed by atoms with Crippen LogP contribution in [-0.2, 0) is 30.9 Å². The number of likely N-dealkylation sites (tertiary alicyclic amines) is 1. The molecule has 11 heteroatoms. The normalized spacial score (nSPS) is 20.3. The first-order valence-electron chi connectivity index (χ1n) is 14.8. The molecule has 5 rings (SSSR count). The maximum absolute atomic E-state index is 14.4. The molecule has 0 unspecified atom stereocenters. The van der Waals surface area contributed by atoms with Crippen LogP contribution < -0.4 is 4.74 Å². The van der Waals surface area contributed by atoms with Gasteiger partial charge in [0.1, 0.15) is 17.0 Å². The van der Waals surface area contributed by atoms with Gasteiger partial charge in [0.25, 0.3) is 5.91 Å². The third-order valence-corrected chi connectivity index (χ3v) is 13.8. The van der Waals surface area contributed by atoms with Crippen LogP contribution in [0.1, 0.15) is 69.1 Å². The lowest BCUT2D eigenvalue weighted by Crippen LogP contribution is -2.45. The molecular formula is C31H43N7O3Si. The van der Waals surface area contributed by atoms with Crippen molar-refractivity contribution >= 4 is 14.2 Å². The average molecular weight is 590 g/mol. The molecule has 0 spiro atoms. The fourth-order valence-corrected chi connectivity index (χ4v) is 7.40. The molecule has 0 radical (unpaired) electrons. The zero-order valence-electron chi connectivity index (χ0n) is 26.4. The Morgan fingerprint density at radius 1 is 1.24 bits per heavy atom. The van der Waals surface area contributed by atoms with Crippen molar-refractivity contribution in [1.82, 2.24) is 29.7 Å². The molecule has 224 valence electrons. The number of aryl methyl sites for hydroxylation is 3. The summed E-state index contributed by atoms with van der Waals surface area (Å²) in [7, 11) is 1.31. The fraction of sp³-hybridized carbons (Fsp3) is 0.581. The van der Waals surface area contributed by atoms with Gasteiger partial charge in [0.15, 0.2) is 8.32 Å². The number of hydrogen-bond donors (Lipinski definition) is 0. The summed E-state index contributed by atoms with van der Waals surface area (Å²) in [5.41, 5.74) is 4.82. The minimum atomic E-state index is -2.08. The molecule has 2 aliphatic heterocycles. The number of fused-ring (bicyclic) bond motifs is 3. The number of carbonyl (C=O) groups is 1. The van der Waals surface area contributed by atoms with E-state index >= 15 is 0 Å². The molecular weight excluding hydrogens is 546 g/mol. The first-order valence-corrected chi connectivity index (χ1v) is 17.7. The van der Waals surface area contributed by atoms with Crippen molar-refractivity contribution < 1.29 is 14.0 Å². The Morgan fingerprint density at radius 3 is 2.57 bits per heavy atom. The Kier molecular flexibility index (Phi) is 7.60. The van der Waals surface area contributed by atoms with Gasteiger partial charge < -0.3 is 18.6 Å². The second-order valence-electron chi connectivity index (χ2n) is 13.4. The highest BCUT2D eigenvalue weighted by molar-refractivity contribution is 6.74. The van der Waals surface area contributed by atoms with Crippen LogP contribution in [0.3, 0.4) is 0 Å². The van der Waals surface area contributed by atoms with Crippen molar-refractivity contribution in [3.05, 3.63) is 35.0 Å². The van der Waals surface area contributed by atoms with Gasteiger partial charge in [-0.2, -0.15) is 10.1 Å². The number of methoxy groups -OCH3 is 1. The molecule has 42 heavy (non-hydrogen) atoms. The first-order chi connectivity index (χ1) is 19.7. The molecule has 0 aliphatic carbocycles. The highest BCUT2D eigenvalue weighted by Gasteiger charge is 2.49. The van der Waals surface area contributed by atoms with Crippen LogP contribution in [0.25, 0.3) is 22.6 Å². The summed E-state index contributed by atoms with van der Waals surface area (Å²) in [6, 6.07) is 8.63. The SMILES string of the molecule is CCCc1cc(C(=O)N2C[C@@H](O[Si](C)(C)C(C)(C)C)C[C@]2(C)C#N)n2c1-c1cc(-c3nnn(C)n3)c(OC)cc1CC2. The van der Waals surface area contributed by atoms with E-state index in [1.807, 2.05) is 13.0 Å². The smallest absolute Gasteiger partial charge is 0.271 e. The highest BCUT2D eigenvalue weighted by atomic mass is 28.4. The highest BCUT2D eigenvalue weighted by Crippen LogP contribution is 2.43. The number of carbonyl (C=O) groups excluding carboxylic acids is 1. The maximum Gasteiger partial charge on any atom is 0.271 e. The molecule has 2 atom stereocenters. The van der Waals surface area contributed by atoms with Gasteiger partial charge in [-0.3, -0.25) is 4.79 Å². The van der Waals surface area contributed by atoms with Gasteiger partial charge in [0, 0.05) is 25.1 Å². The number of amides is 1. The third kappa shape index (κ3) is 5.05. The van der Waals surface area contributed by atoms with E-state index in [9.17, 15) is 10.1 Å². The molecule has 0 bridgehead atoms. The average Bonchev–Trinajstić information content (AvgIpc) is 3.62. The Balaban J connectivity index is 1.56. The van der Waals surface area contributed by atoms with Crippen LogP contribution in [0.2, 0.25) is 18.1 Å². The van der Waals surface area contributed by atoms with Crippen molar-refractivity contribution in [2.75, 3.05) is 13.7 Å². The standard InChI is InChI=1S/C31H43N7O3Si/c1-10-11-21-14-25(29(39)38-18-22(17-31(38,5)19-32)41-42(8,9)30(2,3)4)37-13-12-20-15-26(40-7)24(16-23(20)27(21)37)28-33-35-36(6)34-28/h14-16,22H,10-13,17-18H2,1-9H3/t22-,31+/m0/s1. The number of hydrogen-bond acceptors (Lipinski definition) is 7. The third-order valence-electron chi connectivity index (χ3n) is 9.31. The van der Waals surface area contributed by atoms with Crippen molar-refractivity contribution in [1.29, 1.82) is 5.26 Å². The van der Waals surface area contributed by atoms with Crippen LogP contribution in [0.15, 0.2) is 18.2 Å². The number of aromatic nitrogens is 5. The first kappa shape index (κ1) is 30.0. The van der Waals surface area contributed by atoms with Gasteiger partial charge in [-0.05, 0) is 72.4 Å². The second kappa shape index (κ2) is 10.7.